The average molecular weight is 423 g/mol. The summed E-state index contributed by atoms with van der Waals surface area (Å²) in [5.41, 5.74) is 1.68. The zero-order chi connectivity index (χ0) is 22.0. The molecule has 6 heteroatoms. The lowest BCUT2D eigenvalue weighted by Gasteiger charge is -2.29. The van der Waals surface area contributed by atoms with Crippen LogP contribution in [0.1, 0.15) is 38.7 Å². The lowest BCUT2D eigenvalue weighted by Crippen LogP contribution is -2.37. The van der Waals surface area contributed by atoms with Crippen LogP contribution in [0.4, 0.5) is 10.1 Å². The summed E-state index contributed by atoms with van der Waals surface area (Å²) in [4.78, 5) is 30.0. The summed E-state index contributed by atoms with van der Waals surface area (Å²) in [5, 5.41) is 0. The molecule has 0 aliphatic carbocycles. The van der Waals surface area contributed by atoms with Crippen molar-refractivity contribution in [3.8, 4) is 5.75 Å². The summed E-state index contributed by atoms with van der Waals surface area (Å²) >= 11 is 0. The molecular weight excluding hydrogens is 395 g/mol. The summed E-state index contributed by atoms with van der Waals surface area (Å²) in [6.45, 7) is 6.21. The number of carbonyl (C=O) groups excluding carboxylic acids is 2. The summed E-state index contributed by atoms with van der Waals surface area (Å²) < 4.78 is 19.6. The van der Waals surface area contributed by atoms with Gasteiger partial charge >= 0.3 is 0 Å². The highest BCUT2D eigenvalue weighted by Crippen LogP contribution is 2.36. The van der Waals surface area contributed by atoms with E-state index in [1.807, 2.05) is 29.2 Å². The van der Waals surface area contributed by atoms with Gasteiger partial charge in [0, 0.05) is 13.1 Å². The Balaban J connectivity index is 1.72. The quantitative estimate of drug-likeness (QED) is 0.637. The summed E-state index contributed by atoms with van der Waals surface area (Å²) in [6, 6.07) is 12.9. The second-order valence-corrected chi connectivity index (χ2v) is 8.43. The second-order valence-electron chi connectivity index (χ2n) is 8.43. The molecule has 1 saturated heterocycles. The van der Waals surface area contributed by atoms with Crippen LogP contribution in [0.2, 0.25) is 0 Å². The molecule has 0 atom stereocenters. The predicted molar refractivity (Wildman–Crippen MR) is 118 cm³/mol. The third kappa shape index (κ3) is 4.33. The number of piperidine rings is 1. The van der Waals surface area contributed by atoms with Crippen LogP contribution in [0.15, 0.2) is 54.2 Å². The Kier molecular flexibility index (Phi) is 6.07. The average Bonchev–Trinajstić information content (AvgIpc) is 3.03. The first-order valence-corrected chi connectivity index (χ1v) is 10.8. The number of benzene rings is 2. The van der Waals surface area contributed by atoms with Crippen molar-refractivity contribution >= 4 is 23.1 Å². The number of hydrogen-bond acceptors (Lipinski definition) is 4. The van der Waals surface area contributed by atoms with Crippen LogP contribution in [0, 0.1) is 11.7 Å². The van der Waals surface area contributed by atoms with E-state index >= 15 is 0 Å². The van der Waals surface area contributed by atoms with Crippen LogP contribution >= 0.6 is 0 Å². The molecule has 0 saturated carbocycles. The van der Waals surface area contributed by atoms with Crippen LogP contribution in [0.25, 0.3) is 5.57 Å². The van der Waals surface area contributed by atoms with Crippen molar-refractivity contribution in [2.24, 2.45) is 5.92 Å². The maximum atomic E-state index is 13.8. The van der Waals surface area contributed by atoms with E-state index in [-0.39, 0.29) is 5.69 Å². The monoisotopic (exact) mass is 422 g/mol. The lowest BCUT2D eigenvalue weighted by atomic mass is 10.0. The first-order chi connectivity index (χ1) is 15.0. The third-order valence-corrected chi connectivity index (χ3v) is 5.52. The molecule has 2 aliphatic heterocycles. The molecule has 0 spiro atoms. The van der Waals surface area contributed by atoms with Crippen molar-refractivity contribution in [2.75, 3.05) is 24.6 Å². The van der Waals surface area contributed by atoms with E-state index in [4.69, 9.17) is 4.74 Å². The third-order valence-electron chi connectivity index (χ3n) is 5.52. The molecule has 1 fully saturated rings. The summed E-state index contributed by atoms with van der Waals surface area (Å²) in [6.07, 6.45) is 3.05. The van der Waals surface area contributed by atoms with Gasteiger partial charge in [-0.2, -0.15) is 0 Å². The highest BCUT2D eigenvalue weighted by molar-refractivity contribution is 6.45. The highest BCUT2D eigenvalue weighted by Gasteiger charge is 2.42. The van der Waals surface area contributed by atoms with Crippen LogP contribution in [-0.4, -0.2) is 36.4 Å². The largest absolute Gasteiger partial charge is 0.493 e. The van der Waals surface area contributed by atoms with Crippen molar-refractivity contribution in [2.45, 2.75) is 33.1 Å². The minimum absolute atomic E-state index is 0.247. The van der Waals surface area contributed by atoms with Gasteiger partial charge in [-0.1, -0.05) is 32.0 Å². The van der Waals surface area contributed by atoms with Gasteiger partial charge in [-0.3, -0.25) is 9.59 Å². The lowest BCUT2D eigenvalue weighted by molar-refractivity contribution is -0.120. The molecule has 0 bridgehead atoms. The number of halogens is 1. The first-order valence-electron chi connectivity index (χ1n) is 10.8. The molecule has 2 aromatic rings. The normalized spacial score (nSPS) is 17.2. The molecule has 0 unspecified atom stereocenters. The number of nitrogens with zero attached hydrogens (tertiary/aromatic N) is 2. The first kappa shape index (κ1) is 21.1. The Morgan fingerprint density at radius 2 is 1.68 bits per heavy atom. The Morgan fingerprint density at radius 3 is 2.32 bits per heavy atom. The molecule has 2 heterocycles. The number of likely N-dealkylation sites (tertiary alicyclic amines) is 1. The SMILES string of the molecule is CC(C)COc1ccc(C2=C(N3CCCCC3)C(=O)N(c3cccc(F)c3)C2=O)cc1. The minimum Gasteiger partial charge on any atom is -0.493 e. The van der Waals surface area contributed by atoms with Crippen molar-refractivity contribution in [1.29, 1.82) is 0 Å². The number of rotatable bonds is 6. The maximum Gasteiger partial charge on any atom is 0.282 e. The maximum absolute atomic E-state index is 13.8. The van der Waals surface area contributed by atoms with E-state index in [1.165, 1.54) is 18.2 Å². The number of anilines is 1. The van der Waals surface area contributed by atoms with Gasteiger partial charge in [0.1, 0.15) is 17.3 Å². The van der Waals surface area contributed by atoms with Gasteiger partial charge in [0.05, 0.1) is 17.9 Å². The van der Waals surface area contributed by atoms with Gasteiger partial charge < -0.3 is 9.64 Å². The molecule has 0 radical (unpaired) electrons. The van der Waals surface area contributed by atoms with E-state index in [0.29, 0.717) is 29.4 Å². The standard InChI is InChI=1S/C25H27FN2O3/c1-17(2)16-31-21-11-9-18(10-12-21)22-23(27-13-4-3-5-14-27)25(30)28(24(22)29)20-8-6-7-19(26)15-20/h6-12,15,17H,3-5,13-14,16H2,1-2H3. The van der Waals surface area contributed by atoms with Gasteiger partial charge in [-0.25, -0.2) is 9.29 Å². The predicted octanol–water partition coefficient (Wildman–Crippen LogP) is 4.63. The zero-order valence-corrected chi connectivity index (χ0v) is 17.9. The van der Waals surface area contributed by atoms with E-state index in [2.05, 4.69) is 13.8 Å². The Labute approximate surface area is 182 Å². The second kappa shape index (κ2) is 8.92. The molecule has 2 aromatic carbocycles. The van der Waals surface area contributed by atoms with Gasteiger partial charge in [0.25, 0.3) is 11.8 Å². The molecule has 162 valence electrons. The fourth-order valence-electron chi connectivity index (χ4n) is 4.02. The topological polar surface area (TPSA) is 49.9 Å². The van der Waals surface area contributed by atoms with E-state index < -0.39 is 17.6 Å². The molecule has 4 rings (SSSR count). The highest BCUT2D eigenvalue weighted by atomic mass is 19.1. The van der Waals surface area contributed by atoms with Crippen LogP contribution < -0.4 is 9.64 Å². The van der Waals surface area contributed by atoms with Gasteiger partial charge in [0.15, 0.2) is 0 Å². The molecule has 5 nitrogen and oxygen atoms in total. The smallest absolute Gasteiger partial charge is 0.282 e. The number of hydrogen-bond donors (Lipinski definition) is 0. The van der Waals surface area contributed by atoms with Gasteiger partial charge in [-0.05, 0) is 61.1 Å². The molecule has 0 N–H and O–H groups in total. The zero-order valence-electron chi connectivity index (χ0n) is 17.9. The summed E-state index contributed by atoms with van der Waals surface area (Å²) in [5.74, 6) is -0.185. The van der Waals surface area contributed by atoms with Crippen LogP contribution in [0.5, 0.6) is 5.75 Å². The van der Waals surface area contributed by atoms with Gasteiger partial charge in [-0.15, -0.1) is 0 Å². The Hall–Kier alpha value is -3.15. The molecule has 2 amide bonds. The van der Waals surface area contributed by atoms with Crippen molar-refractivity contribution in [3.05, 3.63) is 65.6 Å². The van der Waals surface area contributed by atoms with Crippen molar-refractivity contribution < 1.29 is 18.7 Å². The van der Waals surface area contributed by atoms with Crippen LogP contribution in [0.3, 0.4) is 0 Å². The molecule has 0 aromatic heterocycles. The summed E-state index contributed by atoms with van der Waals surface area (Å²) in [7, 11) is 0. The number of ether oxygens (including phenoxy) is 1. The molecular formula is C25H27FN2O3. The van der Waals surface area contributed by atoms with Crippen LogP contribution in [-0.2, 0) is 9.59 Å². The fraction of sp³-hybridized carbons (Fsp3) is 0.360. The van der Waals surface area contributed by atoms with Gasteiger partial charge in [0.2, 0.25) is 0 Å². The number of amides is 2. The Bertz CT molecular complexity index is 1010. The number of imide groups is 1. The minimum atomic E-state index is -0.488. The van der Waals surface area contributed by atoms with Crippen molar-refractivity contribution in [3.63, 3.8) is 0 Å². The molecule has 31 heavy (non-hydrogen) atoms. The molecule has 2 aliphatic rings. The Morgan fingerprint density at radius 1 is 0.968 bits per heavy atom. The van der Waals surface area contributed by atoms with Crippen molar-refractivity contribution in [1.82, 2.24) is 4.90 Å². The van der Waals surface area contributed by atoms with E-state index in [0.717, 1.165) is 43.0 Å². The van der Waals surface area contributed by atoms with E-state index in [1.54, 1.807) is 6.07 Å². The number of carbonyl (C=O) groups is 2. The van der Waals surface area contributed by atoms with E-state index in [9.17, 15) is 14.0 Å². The fourth-order valence-corrected chi connectivity index (χ4v) is 4.02.